The number of allylic oxidation sites excluding steroid dienone is 2. The Morgan fingerprint density at radius 2 is 2.29 bits per heavy atom. The summed E-state index contributed by atoms with van der Waals surface area (Å²) in [4.78, 5) is 11.7. The standard InChI is InChI=1S/C15H15F2N3O/c1-9-12(14(16)17)6-13(9)20-15(21)19-8-11-4-2-3-10(5-11)7-18/h2-5,12,14H,6,8H2,1H3,(H2,19,20,21). The number of halogens is 2. The Bertz CT molecular complexity index is 620. The fourth-order valence-electron chi connectivity index (χ4n) is 2.17. The third kappa shape index (κ3) is 3.57. The van der Waals surface area contributed by atoms with Gasteiger partial charge in [-0.15, -0.1) is 0 Å². The molecule has 1 aromatic rings. The van der Waals surface area contributed by atoms with Crippen LogP contribution < -0.4 is 10.6 Å². The van der Waals surface area contributed by atoms with Crippen LogP contribution in [0.5, 0.6) is 0 Å². The zero-order valence-electron chi connectivity index (χ0n) is 11.5. The van der Waals surface area contributed by atoms with E-state index in [1.54, 1.807) is 31.2 Å². The summed E-state index contributed by atoms with van der Waals surface area (Å²) in [6, 6.07) is 8.48. The molecule has 1 aromatic carbocycles. The maximum atomic E-state index is 12.5. The number of nitrogens with one attached hydrogen (secondary N) is 2. The highest BCUT2D eigenvalue weighted by molar-refractivity contribution is 5.76. The number of urea groups is 1. The van der Waals surface area contributed by atoms with Crippen molar-refractivity contribution in [2.24, 2.45) is 5.92 Å². The molecule has 0 aliphatic heterocycles. The maximum Gasteiger partial charge on any atom is 0.319 e. The first-order chi connectivity index (χ1) is 10.0. The fourth-order valence-corrected chi connectivity index (χ4v) is 2.17. The van der Waals surface area contributed by atoms with Crippen molar-refractivity contribution in [3.05, 3.63) is 46.7 Å². The first kappa shape index (κ1) is 15.0. The summed E-state index contributed by atoms with van der Waals surface area (Å²) in [6.07, 6.45) is -2.19. The summed E-state index contributed by atoms with van der Waals surface area (Å²) in [5.41, 5.74) is 2.41. The molecule has 2 amide bonds. The number of nitriles is 1. The highest BCUT2D eigenvalue weighted by atomic mass is 19.3. The van der Waals surface area contributed by atoms with Crippen LogP contribution in [0.25, 0.3) is 0 Å². The molecule has 2 rings (SSSR count). The lowest BCUT2D eigenvalue weighted by molar-refractivity contribution is 0.0822. The summed E-state index contributed by atoms with van der Waals surface area (Å²) < 4.78 is 25.0. The molecule has 110 valence electrons. The number of amides is 2. The quantitative estimate of drug-likeness (QED) is 0.895. The maximum absolute atomic E-state index is 12.5. The molecule has 21 heavy (non-hydrogen) atoms. The van der Waals surface area contributed by atoms with Crippen LogP contribution in [0.3, 0.4) is 0 Å². The van der Waals surface area contributed by atoms with Crippen LogP contribution in [0.15, 0.2) is 35.5 Å². The molecule has 1 aliphatic carbocycles. The van der Waals surface area contributed by atoms with Crippen LogP contribution in [0.2, 0.25) is 0 Å². The lowest BCUT2D eigenvalue weighted by Crippen LogP contribution is -2.40. The van der Waals surface area contributed by atoms with Crippen LogP contribution in [-0.4, -0.2) is 12.5 Å². The summed E-state index contributed by atoms with van der Waals surface area (Å²) >= 11 is 0. The highest BCUT2D eigenvalue weighted by Gasteiger charge is 2.34. The third-order valence-electron chi connectivity index (χ3n) is 3.53. The molecule has 0 saturated carbocycles. The van der Waals surface area contributed by atoms with Crippen LogP contribution in [0, 0.1) is 17.2 Å². The minimum Gasteiger partial charge on any atom is -0.334 e. The Balaban J connectivity index is 1.85. The summed E-state index contributed by atoms with van der Waals surface area (Å²) in [5.74, 6) is -0.743. The molecule has 1 aliphatic rings. The highest BCUT2D eigenvalue weighted by Crippen LogP contribution is 2.36. The molecule has 2 N–H and O–H groups in total. The monoisotopic (exact) mass is 291 g/mol. The van der Waals surface area contributed by atoms with Crippen LogP contribution in [-0.2, 0) is 6.54 Å². The second kappa shape index (κ2) is 6.35. The Morgan fingerprint density at radius 3 is 2.90 bits per heavy atom. The van der Waals surface area contributed by atoms with Gasteiger partial charge in [-0.25, -0.2) is 13.6 Å². The largest absolute Gasteiger partial charge is 0.334 e. The van der Waals surface area contributed by atoms with Crippen LogP contribution in [0.1, 0.15) is 24.5 Å². The van der Waals surface area contributed by atoms with Crippen molar-refractivity contribution in [1.29, 1.82) is 5.26 Å². The van der Waals surface area contributed by atoms with Gasteiger partial charge >= 0.3 is 6.03 Å². The van der Waals surface area contributed by atoms with E-state index in [0.717, 1.165) is 5.56 Å². The van der Waals surface area contributed by atoms with Crippen molar-refractivity contribution in [2.45, 2.75) is 26.3 Å². The number of carbonyl (C=O) groups excluding carboxylic acids is 1. The van der Waals surface area contributed by atoms with Crippen molar-refractivity contribution in [3.8, 4) is 6.07 Å². The van der Waals surface area contributed by atoms with Gasteiger partial charge < -0.3 is 10.6 Å². The fraction of sp³-hybridized carbons (Fsp3) is 0.333. The van der Waals surface area contributed by atoms with Gasteiger partial charge in [0.15, 0.2) is 0 Å². The van der Waals surface area contributed by atoms with Gasteiger partial charge in [-0.05, 0) is 36.6 Å². The van der Waals surface area contributed by atoms with E-state index in [1.165, 1.54) is 0 Å². The van der Waals surface area contributed by atoms with Crippen molar-refractivity contribution in [3.63, 3.8) is 0 Å². The molecule has 0 fully saturated rings. The SMILES string of the molecule is CC1=C(NC(=O)NCc2cccc(C#N)c2)CC1C(F)F. The molecule has 4 nitrogen and oxygen atoms in total. The molecule has 0 saturated heterocycles. The predicted octanol–water partition coefficient (Wildman–Crippen LogP) is 2.92. The first-order valence-electron chi connectivity index (χ1n) is 6.53. The molecule has 1 atom stereocenters. The Morgan fingerprint density at radius 1 is 1.52 bits per heavy atom. The van der Waals surface area contributed by atoms with E-state index in [1.807, 2.05) is 6.07 Å². The molecule has 0 bridgehead atoms. The average Bonchev–Trinajstić information content (AvgIpc) is 2.48. The molecule has 1 unspecified atom stereocenters. The van der Waals surface area contributed by atoms with Crippen molar-refractivity contribution >= 4 is 6.03 Å². The molecule has 0 heterocycles. The van der Waals surface area contributed by atoms with E-state index in [-0.39, 0.29) is 13.0 Å². The lowest BCUT2D eigenvalue weighted by atomic mass is 9.83. The van der Waals surface area contributed by atoms with Gasteiger partial charge in [-0.2, -0.15) is 5.26 Å². The lowest BCUT2D eigenvalue weighted by Gasteiger charge is -2.31. The Kier molecular flexibility index (Phi) is 4.53. The van der Waals surface area contributed by atoms with E-state index >= 15 is 0 Å². The van der Waals surface area contributed by atoms with E-state index in [9.17, 15) is 13.6 Å². The number of rotatable bonds is 4. The van der Waals surface area contributed by atoms with Crippen molar-refractivity contribution in [1.82, 2.24) is 10.6 Å². The molecule has 0 aromatic heterocycles. The van der Waals surface area contributed by atoms with Gasteiger partial charge in [-0.3, -0.25) is 0 Å². The van der Waals surface area contributed by atoms with Gasteiger partial charge in [0.05, 0.1) is 11.6 Å². The average molecular weight is 291 g/mol. The number of hydrogen-bond donors (Lipinski definition) is 2. The van der Waals surface area contributed by atoms with Crippen LogP contribution >= 0.6 is 0 Å². The smallest absolute Gasteiger partial charge is 0.319 e. The van der Waals surface area contributed by atoms with Gasteiger partial charge in [-0.1, -0.05) is 12.1 Å². The predicted molar refractivity (Wildman–Crippen MR) is 73.3 cm³/mol. The van der Waals surface area contributed by atoms with Crippen molar-refractivity contribution < 1.29 is 13.6 Å². The number of carbonyl (C=O) groups is 1. The first-order valence-corrected chi connectivity index (χ1v) is 6.53. The van der Waals surface area contributed by atoms with E-state index in [2.05, 4.69) is 10.6 Å². The number of benzene rings is 1. The number of nitrogens with zero attached hydrogens (tertiary/aromatic N) is 1. The van der Waals surface area contributed by atoms with Gasteiger partial charge in [0.2, 0.25) is 6.43 Å². The third-order valence-corrected chi connectivity index (χ3v) is 3.53. The number of alkyl halides is 2. The van der Waals surface area contributed by atoms with Gasteiger partial charge in [0.25, 0.3) is 0 Å². The second-order valence-corrected chi connectivity index (χ2v) is 4.93. The Hall–Kier alpha value is -2.42. The van der Waals surface area contributed by atoms with Gasteiger partial charge in [0, 0.05) is 18.2 Å². The minimum atomic E-state index is -2.38. The zero-order valence-corrected chi connectivity index (χ0v) is 11.5. The van der Waals surface area contributed by atoms with Crippen LogP contribution in [0.4, 0.5) is 13.6 Å². The molecular formula is C15H15F2N3O. The van der Waals surface area contributed by atoms with Crippen molar-refractivity contribution in [2.75, 3.05) is 0 Å². The van der Waals surface area contributed by atoms with Gasteiger partial charge in [0.1, 0.15) is 0 Å². The summed E-state index contributed by atoms with van der Waals surface area (Å²) in [6.45, 7) is 1.87. The van der Waals surface area contributed by atoms with E-state index in [0.29, 0.717) is 16.8 Å². The minimum absolute atomic E-state index is 0.195. The number of hydrogen-bond acceptors (Lipinski definition) is 2. The Labute approximate surface area is 121 Å². The van der Waals surface area contributed by atoms with E-state index < -0.39 is 18.4 Å². The zero-order chi connectivity index (χ0) is 15.4. The summed E-state index contributed by atoms with van der Waals surface area (Å²) in [7, 11) is 0. The summed E-state index contributed by atoms with van der Waals surface area (Å²) in [5, 5.41) is 14.0. The normalized spacial score (nSPS) is 17.2. The molecule has 0 spiro atoms. The molecule has 6 heteroatoms. The van der Waals surface area contributed by atoms with E-state index in [4.69, 9.17) is 5.26 Å². The molecule has 0 radical (unpaired) electrons. The topological polar surface area (TPSA) is 64.9 Å². The second-order valence-electron chi connectivity index (χ2n) is 4.93. The molecular weight excluding hydrogens is 276 g/mol.